The van der Waals surface area contributed by atoms with Crippen molar-refractivity contribution in [2.75, 3.05) is 0 Å². The van der Waals surface area contributed by atoms with Crippen LogP contribution in [0.3, 0.4) is 0 Å². The van der Waals surface area contributed by atoms with Gasteiger partial charge in [-0.25, -0.2) is 0 Å². The standard InChI is InChI=1S/C12H10S2.2ClH/c13-11-5-1-9(2-6-11)10-3-7-12(14)8-4-10;;/h1-8,13-14H;2*1H. The zero-order valence-electron chi connectivity index (χ0n) is 8.33. The Kier molecular flexibility index (Phi) is 7.00. The number of hydrogen-bond donors (Lipinski definition) is 2. The van der Waals surface area contributed by atoms with Crippen LogP contribution in [0.4, 0.5) is 0 Å². The van der Waals surface area contributed by atoms with Gasteiger partial charge >= 0.3 is 0 Å². The molecule has 0 saturated heterocycles. The highest BCUT2D eigenvalue weighted by atomic mass is 35.5. The van der Waals surface area contributed by atoms with Gasteiger partial charge in [-0.3, -0.25) is 0 Å². The van der Waals surface area contributed by atoms with Crippen molar-refractivity contribution in [1.82, 2.24) is 0 Å². The van der Waals surface area contributed by atoms with Gasteiger partial charge in [-0.1, -0.05) is 24.3 Å². The zero-order valence-corrected chi connectivity index (χ0v) is 11.8. The second-order valence-electron chi connectivity index (χ2n) is 3.09. The molecular formula is C12H12Cl2S2. The van der Waals surface area contributed by atoms with Crippen LogP contribution in [0.1, 0.15) is 0 Å². The van der Waals surface area contributed by atoms with Crippen LogP contribution in [0.5, 0.6) is 0 Å². The molecule has 2 aromatic rings. The van der Waals surface area contributed by atoms with E-state index in [1.54, 1.807) is 0 Å². The summed E-state index contributed by atoms with van der Waals surface area (Å²) in [5, 5.41) is 0. The van der Waals surface area contributed by atoms with Crippen LogP contribution in [0, 0.1) is 0 Å². The van der Waals surface area contributed by atoms with Crippen molar-refractivity contribution < 1.29 is 0 Å². The highest BCUT2D eigenvalue weighted by Gasteiger charge is 1.95. The molecule has 86 valence electrons. The lowest BCUT2D eigenvalue weighted by atomic mass is 10.1. The molecule has 0 aliphatic rings. The van der Waals surface area contributed by atoms with Gasteiger partial charge in [0.25, 0.3) is 0 Å². The molecule has 0 aromatic heterocycles. The molecule has 0 atom stereocenters. The minimum atomic E-state index is 0. The number of thiol groups is 2. The van der Waals surface area contributed by atoms with Crippen molar-refractivity contribution in [3.8, 4) is 11.1 Å². The Bertz CT molecular complexity index is 380. The van der Waals surface area contributed by atoms with Crippen molar-refractivity contribution in [2.24, 2.45) is 0 Å². The summed E-state index contributed by atoms with van der Waals surface area (Å²) in [6, 6.07) is 16.2. The fourth-order valence-corrected chi connectivity index (χ4v) is 1.61. The molecule has 0 bridgehead atoms. The Hall–Kier alpha value is -0.280. The van der Waals surface area contributed by atoms with Gasteiger partial charge in [-0.15, -0.1) is 50.1 Å². The fourth-order valence-electron chi connectivity index (χ4n) is 1.31. The first-order valence-electron chi connectivity index (χ1n) is 4.34. The molecule has 0 spiro atoms. The van der Waals surface area contributed by atoms with Crippen LogP contribution >= 0.6 is 50.1 Å². The maximum Gasteiger partial charge on any atom is 0.00404 e. The summed E-state index contributed by atoms with van der Waals surface area (Å²) in [4.78, 5) is 1.97. The molecule has 0 nitrogen and oxygen atoms in total. The molecular weight excluding hydrogens is 279 g/mol. The van der Waals surface area contributed by atoms with E-state index >= 15 is 0 Å². The average molecular weight is 291 g/mol. The summed E-state index contributed by atoms with van der Waals surface area (Å²) >= 11 is 8.50. The highest BCUT2D eigenvalue weighted by molar-refractivity contribution is 7.80. The van der Waals surface area contributed by atoms with Gasteiger partial charge in [0.2, 0.25) is 0 Å². The van der Waals surface area contributed by atoms with Crippen molar-refractivity contribution in [1.29, 1.82) is 0 Å². The van der Waals surface area contributed by atoms with Crippen LogP contribution in [0.2, 0.25) is 0 Å². The van der Waals surface area contributed by atoms with E-state index in [1.165, 1.54) is 11.1 Å². The van der Waals surface area contributed by atoms with E-state index in [1.807, 2.05) is 24.3 Å². The Morgan fingerprint density at radius 1 is 0.500 bits per heavy atom. The minimum absolute atomic E-state index is 0. The maximum atomic E-state index is 4.25. The van der Waals surface area contributed by atoms with Gasteiger partial charge < -0.3 is 0 Å². The average Bonchev–Trinajstić information content (AvgIpc) is 2.21. The first kappa shape index (κ1) is 15.7. The summed E-state index contributed by atoms with van der Waals surface area (Å²) in [6.07, 6.45) is 0. The van der Waals surface area contributed by atoms with E-state index in [-0.39, 0.29) is 24.8 Å². The predicted molar refractivity (Wildman–Crippen MR) is 80.9 cm³/mol. The molecule has 0 N–H and O–H groups in total. The number of hydrogen-bond acceptors (Lipinski definition) is 2. The molecule has 0 amide bonds. The topological polar surface area (TPSA) is 0 Å². The lowest BCUT2D eigenvalue weighted by Gasteiger charge is -2.01. The van der Waals surface area contributed by atoms with Gasteiger partial charge in [-0.05, 0) is 35.4 Å². The van der Waals surface area contributed by atoms with Gasteiger partial charge in [0.15, 0.2) is 0 Å². The number of halogens is 2. The molecule has 0 saturated carbocycles. The molecule has 4 heteroatoms. The van der Waals surface area contributed by atoms with Gasteiger partial charge in [0.1, 0.15) is 0 Å². The molecule has 0 unspecified atom stereocenters. The highest BCUT2D eigenvalue weighted by Crippen LogP contribution is 2.21. The summed E-state index contributed by atoms with van der Waals surface area (Å²) in [6.45, 7) is 0. The quantitative estimate of drug-likeness (QED) is 0.694. The molecule has 0 aliphatic carbocycles. The first-order valence-corrected chi connectivity index (χ1v) is 5.23. The Balaban J connectivity index is 0.00000112. The van der Waals surface area contributed by atoms with Gasteiger partial charge in [-0.2, -0.15) is 0 Å². The largest absolute Gasteiger partial charge is 0.147 e. The van der Waals surface area contributed by atoms with E-state index in [0.29, 0.717) is 0 Å². The third kappa shape index (κ3) is 3.95. The van der Waals surface area contributed by atoms with Gasteiger partial charge in [0, 0.05) is 9.79 Å². The van der Waals surface area contributed by atoms with Crippen LogP contribution < -0.4 is 0 Å². The number of rotatable bonds is 1. The van der Waals surface area contributed by atoms with Crippen LogP contribution in [-0.4, -0.2) is 0 Å². The third-order valence-corrected chi connectivity index (χ3v) is 2.66. The first-order chi connectivity index (χ1) is 6.75. The van der Waals surface area contributed by atoms with Gasteiger partial charge in [0.05, 0.1) is 0 Å². The second kappa shape index (κ2) is 7.13. The monoisotopic (exact) mass is 290 g/mol. The predicted octanol–water partition coefficient (Wildman–Crippen LogP) is 4.77. The van der Waals surface area contributed by atoms with Crippen molar-refractivity contribution in [2.45, 2.75) is 9.79 Å². The van der Waals surface area contributed by atoms with E-state index in [0.717, 1.165) is 9.79 Å². The summed E-state index contributed by atoms with van der Waals surface area (Å²) in [5.74, 6) is 0. The SMILES string of the molecule is Cl.Cl.Sc1ccc(-c2ccc(S)cc2)cc1. The molecule has 2 aromatic carbocycles. The fraction of sp³-hybridized carbons (Fsp3) is 0. The van der Waals surface area contributed by atoms with E-state index in [9.17, 15) is 0 Å². The summed E-state index contributed by atoms with van der Waals surface area (Å²) in [7, 11) is 0. The molecule has 2 rings (SSSR count). The zero-order chi connectivity index (χ0) is 9.97. The molecule has 0 radical (unpaired) electrons. The lowest BCUT2D eigenvalue weighted by Crippen LogP contribution is -1.76. The lowest BCUT2D eigenvalue weighted by molar-refractivity contribution is 1.44. The minimum Gasteiger partial charge on any atom is -0.147 e. The Morgan fingerprint density at radius 3 is 1.00 bits per heavy atom. The maximum absolute atomic E-state index is 4.25. The van der Waals surface area contributed by atoms with E-state index < -0.39 is 0 Å². The van der Waals surface area contributed by atoms with Crippen LogP contribution in [-0.2, 0) is 0 Å². The van der Waals surface area contributed by atoms with Crippen LogP contribution in [0.25, 0.3) is 11.1 Å². The van der Waals surface area contributed by atoms with E-state index in [2.05, 4.69) is 49.5 Å². The number of benzene rings is 2. The Morgan fingerprint density at radius 2 is 0.750 bits per heavy atom. The smallest absolute Gasteiger partial charge is 0.00404 e. The van der Waals surface area contributed by atoms with E-state index in [4.69, 9.17) is 0 Å². The normalized spacial score (nSPS) is 8.88. The second-order valence-corrected chi connectivity index (χ2v) is 4.13. The molecule has 0 aliphatic heterocycles. The third-order valence-electron chi connectivity index (χ3n) is 2.07. The summed E-state index contributed by atoms with van der Waals surface area (Å²) < 4.78 is 0. The molecule has 0 heterocycles. The molecule has 16 heavy (non-hydrogen) atoms. The van der Waals surface area contributed by atoms with Crippen molar-refractivity contribution in [3.63, 3.8) is 0 Å². The van der Waals surface area contributed by atoms with Crippen LogP contribution in [0.15, 0.2) is 58.3 Å². The van der Waals surface area contributed by atoms with Crippen molar-refractivity contribution >= 4 is 50.1 Å². The molecule has 0 fully saturated rings. The van der Waals surface area contributed by atoms with Crippen molar-refractivity contribution in [3.05, 3.63) is 48.5 Å². The summed E-state index contributed by atoms with van der Waals surface area (Å²) in [5.41, 5.74) is 2.41. The Labute approximate surface area is 119 Å².